The minimum atomic E-state index is -3.50. The van der Waals surface area contributed by atoms with E-state index < -0.39 is 10.0 Å². The van der Waals surface area contributed by atoms with Crippen molar-refractivity contribution in [2.24, 2.45) is 0 Å². The van der Waals surface area contributed by atoms with E-state index in [0.717, 1.165) is 45.0 Å². The number of aromatic nitrogens is 1. The van der Waals surface area contributed by atoms with Crippen molar-refractivity contribution >= 4 is 15.8 Å². The van der Waals surface area contributed by atoms with E-state index in [2.05, 4.69) is 15.2 Å². The van der Waals surface area contributed by atoms with Crippen LogP contribution < -0.4 is 5.32 Å². The van der Waals surface area contributed by atoms with Gasteiger partial charge in [0.25, 0.3) is 0 Å². The van der Waals surface area contributed by atoms with E-state index in [1.54, 1.807) is 22.6 Å². The molecule has 1 saturated carbocycles. The number of nitrogens with zero attached hydrogens (tertiary/aromatic N) is 3. The highest BCUT2D eigenvalue weighted by atomic mass is 32.2. The van der Waals surface area contributed by atoms with Crippen molar-refractivity contribution < 1.29 is 13.2 Å². The zero-order valence-corrected chi connectivity index (χ0v) is 16.0. The molecule has 0 amide bonds. The van der Waals surface area contributed by atoms with Gasteiger partial charge in [0.2, 0.25) is 10.0 Å². The molecular weight excluding hydrogens is 352 g/mol. The Morgan fingerprint density at radius 3 is 2.77 bits per heavy atom. The lowest BCUT2D eigenvalue weighted by atomic mass is 10.2. The van der Waals surface area contributed by atoms with Crippen molar-refractivity contribution in [3.8, 4) is 0 Å². The topological polar surface area (TPSA) is 74.8 Å². The molecule has 4 rings (SSSR count). The first-order chi connectivity index (χ1) is 12.6. The van der Waals surface area contributed by atoms with Gasteiger partial charge in [-0.3, -0.25) is 4.90 Å². The molecule has 2 saturated heterocycles. The Balaban J connectivity index is 1.43. The monoisotopic (exact) mass is 380 g/mol. The molecule has 0 radical (unpaired) electrons. The molecule has 3 aliphatic rings. The molecule has 0 spiro atoms. The first-order valence-electron chi connectivity index (χ1n) is 9.69. The van der Waals surface area contributed by atoms with Gasteiger partial charge in [0.15, 0.2) is 0 Å². The van der Waals surface area contributed by atoms with Crippen molar-refractivity contribution in [3.05, 3.63) is 18.3 Å². The van der Waals surface area contributed by atoms with E-state index >= 15 is 0 Å². The smallest absolute Gasteiger partial charge is 0.246 e. The van der Waals surface area contributed by atoms with Gasteiger partial charge in [-0.1, -0.05) is 6.42 Å². The molecule has 1 aliphatic carbocycles. The second-order valence-corrected chi connectivity index (χ2v) is 9.32. The summed E-state index contributed by atoms with van der Waals surface area (Å²) in [6.07, 6.45) is 7.23. The highest BCUT2D eigenvalue weighted by molar-refractivity contribution is 7.89. The molecule has 0 bridgehead atoms. The maximum Gasteiger partial charge on any atom is 0.246 e. The largest absolute Gasteiger partial charge is 0.374 e. The van der Waals surface area contributed by atoms with E-state index in [0.29, 0.717) is 25.5 Å². The highest BCUT2D eigenvalue weighted by Crippen LogP contribution is 2.29. The fraction of sp³-hybridized carbons (Fsp3) is 0.722. The van der Waals surface area contributed by atoms with Crippen LogP contribution in [0.4, 0.5) is 5.82 Å². The Morgan fingerprint density at radius 1 is 1.19 bits per heavy atom. The summed E-state index contributed by atoms with van der Waals surface area (Å²) < 4.78 is 33.5. The lowest BCUT2D eigenvalue weighted by Gasteiger charge is -2.33. The Morgan fingerprint density at radius 2 is 2.00 bits per heavy atom. The summed E-state index contributed by atoms with van der Waals surface area (Å²) in [5, 5.41) is 3.24. The SMILES string of the molecule is O=S(=O)(c1cccnc1NCC1CN(C2CC2)CCO1)N1CCCCC1. The van der Waals surface area contributed by atoms with E-state index in [1.807, 2.05) is 0 Å². The number of rotatable bonds is 6. The predicted octanol–water partition coefficient (Wildman–Crippen LogP) is 1.53. The Kier molecular flexibility index (Phi) is 5.45. The summed E-state index contributed by atoms with van der Waals surface area (Å²) >= 11 is 0. The van der Waals surface area contributed by atoms with Gasteiger partial charge in [0.1, 0.15) is 10.7 Å². The van der Waals surface area contributed by atoms with Crippen LogP contribution in [-0.4, -0.2) is 74.1 Å². The summed E-state index contributed by atoms with van der Waals surface area (Å²) in [5.41, 5.74) is 0. The Bertz CT molecular complexity index is 717. The number of sulfonamides is 1. The number of anilines is 1. The standard InChI is InChI=1S/C18H28N4O3S/c23-26(24,22-9-2-1-3-10-22)17-5-4-8-19-18(17)20-13-16-14-21(11-12-25-16)15-6-7-15/h4-5,8,15-16H,1-3,6-7,9-14H2,(H,19,20). The Labute approximate surface area is 155 Å². The lowest BCUT2D eigenvalue weighted by molar-refractivity contribution is -0.0242. The van der Waals surface area contributed by atoms with Crippen molar-refractivity contribution in [1.82, 2.24) is 14.2 Å². The van der Waals surface area contributed by atoms with Crippen molar-refractivity contribution in [2.75, 3.05) is 44.6 Å². The maximum atomic E-state index is 13.0. The van der Waals surface area contributed by atoms with E-state index in [1.165, 1.54) is 12.8 Å². The van der Waals surface area contributed by atoms with Crippen molar-refractivity contribution in [3.63, 3.8) is 0 Å². The molecule has 1 unspecified atom stereocenters. The van der Waals surface area contributed by atoms with Crippen molar-refractivity contribution in [2.45, 2.75) is 49.1 Å². The number of morpholine rings is 1. The van der Waals surface area contributed by atoms with Crippen LogP contribution in [0.15, 0.2) is 23.2 Å². The second kappa shape index (κ2) is 7.80. The number of hydrogen-bond donors (Lipinski definition) is 1. The fourth-order valence-corrected chi connectivity index (χ4v) is 5.46. The molecule has 1 aromatic rings. The molecule has 3 heterocycles. The van der Waals surface area contributed by atoms with Gasteiger partial charge >= 0.3 is 0 Å². The summed E-state index contributed by atoms with van der Waals surface area (Å²) in [6.45, 7) is 4.41. The van der Waals surface area contributed by atoms with Crippen LogP contribution in [0.1, 0.15) is 32.1 Å². The van der Waals surface area contributed by atoms with Crippen LogP contribution in [-0.2, 0) is 14.8 Å². The quantitative estimate of drug-likeness (QED) is 0.807. The van der Waals surface area contributed by atoms with Crippen LogP contribution in [0.3, 0.4) is 0 Å². The van der Waals surface area contributed by atoms with E-state index in [-0.39, 0.29) is 11.0 Å². The molecule has 26 heavy (non-hydrogen) atoms. The van der Waals surface area contributed by atoms with Gasteiger partial charge in [-0.15, -0.1) is 0 Å². The van der Waals surface area contributed by atoms with Crippen LogP contribution in [0.25, 0.3) is 0 Å². The van der Waals surface area contributed by atoms with E-state index in [9.17, 15) is 8.42 Å². The molecular formula is C18H28N4O3S. The molecule has 2 aliphatic heterocycles. The first-order valence-corrected chi connectivity index (χ1v) is 11.1. The predicted molar refractivity (Wildman–Crippen MR) is 99.7 cm³/mol. The summed E-state index contributed by atoms with van der Waals surface area (Å²) in [6, 6.07) is 4.07. The molecule has 8 heteroatoms. The summed E-state index contributed by atoms with van der Waals surface area (Å²) in [7, 11) is -3.50. The highest BCUT2D eigenvalue weighted by Gasteiger charge is 2.33. The third-order valence-corrected chi connectivity index (χ3v) is 7.36. The Hall–Kier alpha value is -1.22. The average Bonchev–Trinajstić information content (AvgIpc) is 3.53. The van der Waals surface area contributed by atoms with Gasteiger partial charge in [0.05, 0.1) is 12.7 Å². The van der Waals surface area contributed by atoms with Gasteiger partial charge in [-0.05, 0) is 37.8 Å². The number of hydrogen-bond acceptors (Lipinski definition) is 6. The van der Waals surface area contributed by atoms with E-state index in [4.69, 9.17) is 4.74 Å². The minimum absolute atomic E-state index is 0.0666. The van der Waals surface area contributed by atoms with Crippen LogP contribution >= 0.6 is 0 Å². The first kappa shape index (κ1) is 18.2. The average molecular weight is 381 g/mol. The number of piperidine rings is 1. The molecule has 3 fully saturated rings. The molecule has 1 N–H and O–H groups in total. The normalized spacial score (nSPS) is 25.9. The van der Waals surface area contributed by atoms with Gasteiger partial charge in [-0.25, -0.2) is 13.4 Å². The fourth-order valence-electron chi connectivity index (χ4n) is 3.82. The van der Waals surface area contributed by atoms with Crippen LogP contribution in [0, 0.1) is 0 Å². The van der Waals surface area contributed by atoms with Crippen LogP contribution in [0.5, 0.6) is 0 Å². The molecule has 1 atom stereocenters. The van der Waals surface area contributed by atoms with Crippen molar-refractivity contribution in [1.29, 1.82) is 0 Å². The van der Waals surface area contributed by atoms with Gasteiger partial charge < -0.3 is 10.1 Å². The van der Waals surface area contributed by atoms with Gasteiger partial charge in [0, 0.05) is 45.0 Å². The molecule has 1 aromatic heterocycles. The zero-order valence-electron chi connectivity index (χ0n) is 15.1. The number of nitrogens with one attached hydrogen (secondary N) is 1. The molecule has 144 valence electrons. The molecule has 7 nitrogen and oxygen atoms in total. The maximum absolute atomic E-state index is 13.0. The third kappa shape index (κ3) is 4.03. The molecule has 0 aromatic carbocycles. The number of ether oxygens (including phenoxy) is 1. The van der Waals surface area contributed by atoms with Crippen LogP contribution in [0.2, 0.25) is 0 Å². The third-order valence-electron chi connectivity index (χ3n) is 5.43. The second-order valence-electron chi connectivity index (χ2n) is 7.41. The minimum Gasteiger partial charge on any atom is -0.374 e. The van der Waals surface area contributed by atoms with Gasteiger partial charge in [-0.2, -0.15) is 4.31 Å². The number of pyridine rings is 1. The lowest BCUT2D eigenvalue weighted by Crippen LogP contribution is -2.46. The summed E-state index contributed by atoms with van der Waals surface area (Å²) in [4.78, 5) is 7.07. The zero-order chi connectivity index (χ0) is 18.0. The summed E-state index contributed by atoms with van der Waals surface area (Å²) in [5.74, 6) is 0.435.